The van der Waals surface area contributed by atoms with Gasteiger partial charge in [0.25, 0.3) is 0 Å². The number of aryl methyl sites for hydroxylation is 1. The second-order valence-corrected chi connectivity index (χ2v) is 5.67. The van der Waals surface area contributed by atoms with Crippen LogP contribution in [0.1, 0.15) is 18.1 Å². The highest BCUT2D eigenvalue weighted by Crippen LogP contribution is 2.36. The van der Waals surface area contributed by atoms with E-state index in [2.05, 4.69) is 5.32 Å². The third kappa shape index (κ3) is 3.99. The van der Waals surface area contributed by atoms with Gasteiger partial charge in [-0.25, -0.2) is 0 Å². The van der Waals surface area contributed by atoms with Gasteiger partial charge < -0.3 is 14.8 Å². The van der Waals surface area contributed by atoms with E-state index in [1.807, 2.05) is 44.2 Å². The number of methoxy groups -OCH3 is 1. The summed E-state index contributed by atoms with van der Waals surface area (Å²) in [4.78, 5) is 0. The van der Waals surface area contributed by atoms with Gasteiger partial charge in [0.15, 0.2) is 11.5 Å². The van der Waals surface area contributed by atoms with Gasteiger partial charge in [0.05, 0.1) is 18.7 Å². The second-order valence-electron chi connectivity index (χ2n) is 4.86. The van der Waals surface area contributed by atoms with Crippen molar-refractivity contribution in [3.63, 3.8) is 0 Å². The van der Waals surface area contributed by atoms with Crippen LogP contribution in [-0.2, 0) is 6.54 Å². The van der Waals surface area contributed by atoms with Crippen LogP contribution in [0.3, 0.4) is 0 Å². The van der Waals surface area contributed by atoms with Gasteiger partial charge in [0.1, 0.15) is 0 Å². The Morgan fingerprint density at radius 3 is 2.50 bits per heavy atom. The first-order valence-corrected chi connectivity index (χ1v) is 7.80. The highest BCUT2D eigenvalue weighted by atomic mass is 35.5. The fourth-order valence-electron chi connectivity index (χ4n) is 2.09. The van der Waals surface area contributed by atoms with Crippen LogP contribution in [0.5, 0.6) is 11.5 Å². The van der Waals surface area contributed by atoms with E-state index in [1.54, 1.807) is 7.11 Å². The minimum Gasteiger partial charge on any atom is -0.491 e. The number of nitrogens with one attached hydrogen (secondary N) is 1. The fourth-order valence-corrected chi connectivity index (χ4v) is 2.58. The maximum Gasteiger partial charge on any atom is 0.179 e. The van der Waals surface area contributed by atoms with Gasteiger partial charge in [-0.3, -0.25) is 0 Å². The molecule has 0 aliphatic carbocycles. The van der Waals surface area contributed by atoms with E-state index in [9.17, 15) is 0 Å². The van der Waals surface area contributed by atoms with Crippen LogP contribution in [0.25, 0.3) is 0 Å². The first-order valence-electron chi connectivity index (χ1n) is 7.04. The van der Waals surface area contributed by atoms with Gasteiger partial charge in [-0.05, 0) is 49.2 Å². The number of halogens is 2. The van der Waals surface area contributed by atoms with Gasteiger partial charge in [-0.15, -0.1) is 0 Å². The normalized spacial score (nSPS) is 10.4. The van der Waals surface area contributed by atoms with Crippen LogP contribution in [0.2, 0.25) is 10.0 Å². The van der Waals surface area contributed by atoms with Crippen molar-refractivity contribution in [2.24, 2.45) is 0 Å². The average molecular weight is 340 g/mol. The van der Waals surface area contributed by atoms with Crippen LogP contribution in [0.4, 0.5) is 5.69 Å². The molecule has 0 aliphatic heterocycles. The van der Waals surface area contributed by atoms with Crippen LogP contribution < -0.4 is 14.8 Å². The molecule has 22 heavy (non-hydrogen) atoms. The Morgan fingerprint density at radius 2 is 1.86 bits per heavy atom. The molecular formula is C17H19Cl2NO2. The molecule has 0 saturated heterocycles. The van der Waals surface area contributed by atoms with Crippen molar-refractivity contribution in [3.8, 4) is 11.5 Å². The molecule has 0 spiro atoms. The Kier molecular flexibility index (Phi) is 5.81. The molecule has 0 fully saturated rings. The summed E-state index contributed by atoms with van der Waals surface area (Å²) in [7, 11) is 1.58. The summed E-state index contributed by atoms with van der Waals surface area (Å²) in [6.45, 7) is 5.07. The Morgan fingerprint density at radius 1 is 1.09 bits per heavy atom. The summed E-state index contributed by atoms with van der Waals surface area (Å²) < 4.78 is 10.9. The summed E-state index contributed by atoms with van der Waals surface area (Å²) in [5, 5.41) is 4.60. The standard InChI is InChI=1S/C17H19Cl2NO2/c1-4-22-16-8-12(7-15(19)17(16)21-3)10-20-13-6-5-11(2)14(18)9-13/h5-9,20H,4,10H2,1-3H3. The van der Waals surface area contributed by atoms with Crippen molar-refractivity contribution >= 4 is 28.9 Å². The molecule has 0 unspecified atom stereocenters. The summed E-state index contributed by atoms with van der Waals surface area (Å²) in [5.41, 5.74) is 3.02. The molecule has 5 heteroatoms. The molecule has 0 aromatic heterocycles. The molecule has 0 aliphatic rings. The van der Waals surface area contributed by atoms with Crippen LogP contribution in [-0.4, -0.2) is 13.7 Å². The summed E-state index contributed by atoms with van der Waals surface area (Å²) >= 11 is 12.4. The van der Waals surface area contributed by atoms with E-state index >= 15 is 0 Å². The third-order valence-corrected chi connectivity index (χ3v) is 3.93. The molecule has 0 saturated carbocycles. The summed E-state index contributed by atoms with van der Waals surface area (Å²) in [6, 6.07) is 9.68. The van der Waals surface area contributed by atoms with E-state index in [1.165, 1.54) is 0 Å². The minimum atomic E-state index is 0.534. The molecule has 3 nitrogen and oxygen atoms in total. The molecule has 0 bridgehead atoms. The number of rotatable bonds is 6. The highest BCUT2D eigenvalue weighted by Gasteiger charge is 2.11. The van der Waals surface area contributed by atoms with E-state index < -0.39 is 0 Å². The van der Waals surface area contributed by atoms with Gasteiger partial charge in [-0.1, -0.05) is 29.3 Å². The zero-order valence-corrected chi connectivity index (χ0v) is 14.4. The Hall–Kier alpha value is -1.58. The zero-order chi connectivity index (χ0) is 16.1. The number of ether oxygens (including phenoxy) is 2. The molecule has 1 N–H and O–H groups in total. The Labute approximate surface area is 141 Å². The van der Waals surface area contributed by atoms with Crippen LogP contribution in [0, 0.1) is 6.92 Å². The molecular weight excluding hydrogens is 321 g/mol. The van der Waals surface area contributed by atoms with Crippen molar-refractivity contribution in [1.82, 2.24) is 0 Å². The molecule has 2 aromatic rings. The SMILES string of the molecule is CCOc1cc(CNc2ccc(C)c(Cl)c2)cc(Cl)c1OC. The fraction of sp³-hybridized carbons (Fsp3) is 0.294. The maximum absolute atomic E-state index is 6.24. The number of hydrogen-bond acceptors (Lipinski definition) is 3. The molecule has 0 atom stereocenters. The van der Waals surface area contributed by atoms with Gasteiger partial charge in [-0.2, -0.15) is 0 Å². The third-order valence-electron chi connectivity index (χ3n) is 3.24. The Balaban J connectivity index is 2.17. The molecule has 0 radical (unpaired) electrons. The Bertz CT molecular complexity index is 659. The predicted molar refractivity (Wildman–Crippen MR) is 92.7 cm³/mol. The largest absolute Gasteiger partial charge is 0.491 e. The van der Waals surface area contributed by atoms with Crippen molar-refractivity contribution in [2.45, 2.75) is 20.4 Å². The van der Waals surface area contributed by atoms with E-state index in [4.69, 9.17) is 32.7 Å². The predicted octanol–water partition coefficient (Wildman–Crippen LogP) is 5.32. The van der Waals surface area contributed by atoms with E-state index in [-0.39, 0.29) is 0 Å². The van der Waals surface area contributed by atoms with Crippen molar-refractivity contribution in [2.75, 3.05) is 19.0 Å². The van der Waals surface area contributed by atoms with E-state index in [0.29, 0.717) is 29.7 Å². The first-order chi connectivity index (χ1) is 10.5. The second kappa shape index (κ2) is 7.61. The minimum absolute atomic E-state index is 0.534. The lowest BCUT2D eigenvalue weighted by Crippen LogP contribution is -2.02. The number of benzene rings is 2. The number of hydrogen-bond donors (Lipinski definition) is 1. The lowest BCUT2D eigenvalue weighted by atomic mass is 10.2. The monoisotopic (exact) mass is 339 g/mol. The molecule has 0 amide bonds. The quantitative estimate of drug-likeness (QED) is 0.772. The lowest BCUT2D eigenvalue weighted by Gasteiger charge is -2.14. The smallest absolute Gasteiger partial charge is 0.179 e. The molecule has 0 heterocycles. The molecule has 2 aromatic carbocycles. The summed E-state index contributed by atoms with van der Waals surface area (Å²) in [6.07, 6.45) is 0. The molecule has 2 rings (SSSR count). The van der Waals surface area contributed by atoms with Crippen molar-refractivity contribution in [3.05, 3.63) is 51.5 Å². The van der Waals surface area contributed by atoms with Gasteiger partial charge in [0.2, 0.25) is 0 Å². The maximum atomic E-state index is 6.24. The first kappa shape index (κ1) is 16.8. The average Bonchev–Trinajstić information content (AvgIpc) is 2.49. The zero-order valence-electron chi connectivity index (χ0n) is 12.9. The van der Waals surface area contributed by atoms with Crippen molar-refractivity contribution in [1.29, 1.82) is 0 Å². The van der Waals surface area contributed by atoms with Gasteiger partial charge >= 0.3 is 0 Å². The van der Waals surface area contributed by atoms with E-state index in [0.717, 1.165) is 21.8 Å². The van der Waals surface area contributed by atoms with Gasteiger partial charge in [0, 0.05) is 17.3 Å². The lowest BCUT2D eigenvalue weighted by molar-refractivity contribution is 0.310. The highest BCUT2D eigenvalue weighted by molar-refractivity contribution is 6.32. The van der Waals surface area contributed by atoms with Crippen LogP contribution >= 0.6 is 23.2 Å². The van der Waals surface area contributed by atoms with Crippen LogP contribution in [0.15, 0.2) is 30.3 Å². The number of anilines is 1. The topological polar surface area (TPSA) is 30.5 Å². The summed E-state index contributed by atoms with van der Waals surface area (Å²) in [5.74, 6) is 1.21. The molecule has 118 valence electrons. The van der Waals surface area contributed by atoms with Crippen molar-refractivity contribution < 1.29 is 9.47 Å².